The van der Waals surface area contributed by atoms with E-state index in [2.05, 4.69) is 21.4 Å². The first kappa shape index (κ1) is 16.3. The Bertz CT molecular complexity index is 960. The van der Waals surface area contributed by atoms with Crippen LogP contribution in [0.1, 0.15) is 12.0 Å². The summed E-state index contributed by atoms with van der Waals surface area (Å²) in [6.45, 7) is 0.780. The first-order valence-corrected chi connectivity index (χ1v) is 8.31. The molecule has 1 aliphatic rings. The van der Waals surface area contributed by atoms with Crippen LogP contribution >= 0.6 is 0 Å². The van der Waals surface area contributed by atoms with Gasteiger partial charge in [-0.25, -0.2) is 18.7 Å². The molecule has 0 spiro atoms. The van der Waals surface area contributed by atoms with Gasteiger partial charge in [-0.1, -0.05) is 18.2 Å². The monoisotopic (exact) mass is 353 g/mol. The lowest BCUT2D eigenvalue weighted by Gasteiger charge is -2.31. The quantitative estimate of drug-likeness (QED) is 0.740. The number of para-hydroxylation sites is 1. The summed E-state index contributed by atoms with van der Waals surface area (Å²) in [7, 11) is 0. The minimum atomic E-state index is -0.715. The third kappa shape index (κ3) is 2.92. The first-order valence-electron chi connectivity index (χ1n) is 8.31. The second-order valence-corrected chi connectivity index (χ2v) is 6.09. The van der Waals surface area contributed by atoms with Gasteiger partial charge in [-0.15, -0.1) is 0 Å². The van der Waals surface area contributed by atoms with Gasteiger partial charge < -0.3 is 16.0 Å². The predicted molar refractivity (Wildman–Crippen MR) is 97.9 cm³/mol. The van der Waals surface area contributed by atoms with Gasteiger partial charge >= 0.3 is 0 Å². The van der Waals surface area contributed by atoms with Crippen LogP contribution in [0.2, 0.25) is 0 Å². The maximum atomic E-state index is 13.9. The third-order valence-electron chi connectivity index (χ3n) is 4.41. The van der Waals surface area contributed by atoms with Crippen molar-refractivity contribution in [3.63, 3.8) is 0 Å². The molecule has 0 saturated carbocycles. The third-order valence-corrected chi connectivity index (χ3v) is 4.41. The van der Waals surface area contributed by atoms with Gasteiger partial charge in [0.2, 0.25) is 0 Å². The Morgan fingerprint density at radius 3 is 2.77 bits per heavy atom. The smallest absolute Gasteiger partial charge is 0.161 e. The van der Waals surface area contributed by atoms with E-state index in [-0.39, 0.29) is 11.5 Å². The lowest BCUT2D eigenvalue weighted by atomic mass is 10.0. The molecule has 0 unspecified atom stereocenters. The van der Waals surface area contributed by atoms with E-state index in [1.165, 1.54) is 24.0 Å². The number of rotatable bonds is 3. The molecular weight excluding hydrogens is 336 g/mol. The van der Waals surface area contributed by atoms with Gasteiger partial charge in [-0.2, -0.15) is 0 Å². The number of fused-ring (bicyclic) bond motifs is 1. The number of nitrogens with zero attached hydrogens (tertiary/aromatic N) is 3. The van der Waals surface area contributed by atoms with Crippen molar-refractivity contribution in [3.8, 4) is 0 Å². The molecule has 7 heteroatoms. The summed E-state index contributed by atoms with van der Waals surface area (Å²) in [5.41, 5.74) is 8.98. The maximum Gasteiger partial charge on any atom is 0.161 e. The predicted octanol–water partition coefficient (Wildman–Crippen LogP) is 4.16. The standard InChI is InChI=1S/C19H17F2N5/c20-13-7-8-15(14(21)10-13)25-18-17(22)19(24-11-23-18)26-9-3-5-12-4-1-2-6-16(12)26/h1-2,4,6-8,10-11H,3,5,9,22H2,(H,23,24,25). The van der Waals surface area contributed by atoms with Crippen molar-refractivity contribution in [1.82, 2.24) is 9.97 Å². The number of aryl methyl sites for hydroxylation is 1. The Labute approximate surface area is 149 Å². The van der Waals surface area contributed by atoms with Gasteiger partial charge in [0.25, 0.3) is 0 Å². The molecule has 0 radical (unpaired) electrons. The fourth-order valence-corrected chi connectivity index (χ4v) is 3.17. The number of halogens is 2. The summed E-state index contributed by atoms with van der Waals surface area (Å²) in [4.78, 5) is 10.5. The zero-order valence-corrected chi connectivity index (χ0v) is 13.9. The van der Waals surface area contributed by atoms with Crippen LogP contribution in [0.25, 0.3) is 0 Å². The minimum Gasteiger partial charge on any atom is -0.393 e. The molecule has 3 aromatic rings. The van der Waals surface area contributed by atoms with Gasteiger partial charge in [0.05, 0.1) is 5.69 Å². The number of benzene rings is 2. The van der Waals surface area contributed by atoms with E-state index in [0.717, 1.165) is 31.1 Å². The van der Waals surface area contributed by atoms with E-state index in [1.54, 1.807) is 0 Å². The van der Waals surface area contributed by atoms with Crippen LogP contribution in [0.15, 0.2) is 48.8 Å². The van der Waals surface area contributed by atoms with Gasteiger partial charge in [0, 0.05) is 18.3 Å². The topological polar surface area (TPSA) is 67.1 Å². The Morgan fingerprint density at radius 2 is 1.92 bits per heavy atom. The van der Waals surface area contributed by atoms with Gasteiger partial charge in [-0.3, -0.25) is 0 Å². The molecule has 3 N–H and O–H groups in total. The highest BCUT2D eigenvalue weighted by atomic mass is 19.1. The number of nitrogens with one attached hydrogen (secondary N) is 1. The highest BCUT2D eigenvalue weighted by molar-refractivity contribution is 5.82. The van der Waals surface area contributed by atoms with E-state index in [4.69, 9.17) is 5.73 Å². The number of nitrogen functional groups attached to an aromatic ring is 1. The summed E-state index contributed by atoms with van der Waals surface area (Å²) < 4.78 is 27.0. The normalized spacial score (nSPS) is 13.4. The highest BCUT2D eigenvalue weighted by Crippen LogP contribution is 2.37. The molecule has 1 aromatic heterocycles. The SMILES string of the molecule is Nc1c(Nc2ccc(F)cc2F)ncnc1N1CCCc2ccccc21. The molecule has 132 valence electrons. The summed E-state index contributed by atoms with van der Waals surface area (Å²) >= 11 is 0. The average molecular weight is 353 g/mol. The number of aromatic nitrogens is 2. The van der Waals surface area contributed by atoms with Crippen LogP contribution in [0.5, 0.6) is 0 Å². The molecule has 0 bridgehead atoms. The summed E-state index contributed by atoms with van der Waals surface area (Å²) in [6.07, 6.45) is 3.37. The van der Waals surface area contributed by atoms with Crippen LogP contribution in [0.4, 0.5) is 37.5 Å². The second-order valence-electron chi connectivity index (χ2n) is 6.09. The van der Waals surface area contributed by atoms with Crippen LogP contribution in [0.3, 0.4) is 0 Å². The van der Waals surface area contributed by atoms with Gasteiger partial charge in [0.15, 0.2) is 11.6 Å². The fourth-order valence-electron chi connectivity index (χ4n) is 3.17. The second kappa shape index (κ2) is 6.59. The fraction of sp³-hybridized carbons (Fsp3) is 0.158. The minimum absolute atomic E-state index is 0.0989. The van der Waals surface area contributed by atoms with E-state index >= 15 is 0 Å². The highest BCUT2D eigenvalue weighted by Gasteiger charge is 2.22. The number of hydrogen-bond acceptors (Lipinski definition) is 5. The molecule has 0 amide bonds. The van der Waals surface area contributed by atoms with E-state index < -0.39 is 11.6 Å². The molecule has 0 saturated heterocycles. The Hall–Kier alpha value is -3.22. The van der Waals surface area contributed by atoms with Crippen molar-refractivity contribution in [1.29, 1.82) is 0 Å². The van der Waals surface area contributed by atoms with E-state index in [9.17, 15) is 8.78 Å². The molecule has 1 aliphatic heterocycles. The summed E-state index contributed by atoms with van der Waals surface area (Å²) in [5.74, 6) is -0.511. The van der Waals surface area contributed by atoms with Crippen molar-refractivity contribution in [2.24, 2.45) is 0 Å². The molecule has 5 nitrogen and oxygen atoms in total. The van der Waals surface area contributed by atoms with Gasteiger partial charge in [0.1, 0.15) is 23.6 Å². The van der Waals surface area contributed by atoms with Crippen molar-refractivity contribution >= 4 is 28.7 Å². The molecular formula is C19H17F2N5. The first-order chi connectivity index (χ1) is 12.6. The van der Waals surface area contributed by atoms with Crippen molar-refractivity contribution in [2.75, 3.05) is 22.5 Å². The summed E-state index contributed by atoms with van der Waals surface area (Å²) in [5, 5.41) is 2.83. The molecule has 0 fully saturated rings. The van der Waals surface area contributed by atoms with Crippen LogP contribution in [-0.4, -0.2) is 16.5 Å². The average Bonchev–Trinajstić information content (AvgIpc) is 2.65. The van der Waals surface area contributed by atoms with Crippen LogP contribution in [-0.2, 0) is 6.42 Å². The van der Waals surface area contributed by atoms with Crippen molar-refractivity contribution in [2.45, 2.75) is 12.8 Å². The summed E-state index contributed by atoms with van der Waals surface area (Å²) in [6, 6.07) is 11.4. The van der Waals surface area contributed by atoms with E-state index in [0.29, 0.717) is 11.5 Å². The van der Waals surface area contributed by atoms with Crippen LogP contribution < -0.4 is 16.0 Å². The molecule has 4 rings (SSSR count). The molecule has 26 heavy (non-hydrogen) atoms. The lowest BCUT2D eigenvalue weighted by Crippen LogP contribution is -2.26. The zero-order valence-electron chi connectivity index (χ0n) is 13.9. The Morgan fingerprint density at radius 1 is 1.08 bits per heavy atom. The molecule has 0 atom stereocenters. The molecule has 0 aliphatic carbocycles. The zero-order chi connectivity index (χ0) is 18.1. The maximum absolute atomic E-state index is 13.9. The van der Waals surface area contributed by atoms with E-state index in [1.807, 2.05) is 23.1 Å². The van der Waals surface area contributed by atoms with Crippen LogP contribution in [0, 0.1) is 11.6 Å². The molecule has 2 aromatic carbocycles. The Balaban J connectivity index is 1.71. The largest absolute Gasteiger partial charge is 0.393 e. The van der Waals surface area contributed by atoms with Crippen molar-refractivity contribution in [3.05, 3.63) is 66.0 Å². The lowest BCUT2D eigenvalue weighted by molar-refractivity contribution is 0.586. The Kier molecular flexibility index (Phi) is 4.12. The number of nitrogens with two attached hydrogens (primary N) is 1. The number of anilines is 5. The van der Waals surface area contributed by atoms with Gasteiger partial charge in [-0.05, 0) is 36.6 Å². The number of hydrogen-bond donors (Lipinski definition) is 2. The van der Waals surface area contributed by atoms with Crippen molar-refractivity contribution < 1.29 is 8.78 Å². The molecule has 2 heterocycles.